The van der Waals surface area contributed by atoms with Crippen LogP contribution in [0.4, 0.5) is 0 Å². The van der Waals surface area contributed by atoms with E-state index in [2.05, 4.69) is 10.1 Å². The van der Waals surface area contributed by atoms with Crippen LogP contribution in [0.3, 0.4) is 0 Å². The molecule has 0 aliphatic heterocycles. The van der Waals surface area contributed by atoms with Crippen LogP contribution < -0.4 is 0 Å². The van der Waals surface area contributed by atoms with Gasteiger partial charge < -0.3 is 14.4 Å². The van der Waals surface area contributed by atoms with Crippen LogP contribution in [0.25, 0.3) is 22.2 Å². The second kappa shape index (κ2) is 5.96. The lowest BCUT2D eigenvalue weighted by atomic mass is 9.99. The topological polar surface area (TPSA) is 79.2 Å². The molecule has 1 aromatic carbocycles. The van der Waals surface area contributed by atoms with E-state index in [0.29, 0.717) is 23.4 Å². The molecule has 2 aromatic heterocycles. The molecule has 0 spiro atoms. The fourth-order valence-corrected chi connectivity index (χ4v) is 2.86. The van der Waals surface area contributed by atoms with Gasteiger partial charge in [-0.15, -0.1) is 0 Å². The molecule has 24 heavy (non-hydrogen) atoms. The van der Waals surface area contributed by atoms with Crippen molar-refractivity contribution < 1.29 is 14.1 Å². The number of ketones is 1. The van der Waals surface area contributed by atoms with Crippen LogP contribution in [0.5, 0.6) is 0 Å². The summed E-state index contributed by atoms with van der Waals surface area (Å²) >= 11 is 0. The summed E-state index contributed by atoms with van der Waals surface area (Å²) < 4.78 is 5.30. The number of hydrogen-bond donors (Lipinski definition) is 1. The van der Waals surface area contributed by atoms with E-state index in [-0.39, 0.29) is 0 Å². The van der Waals surface area contributed by atoms with E-state index in [1.54, 1.807) is 21.0 Å². The molecule has 0 radical (unpaired) electrons. The summed E-state index contributed by atoms with van der Waals surface area (Å²) in [4.78, 5) is 29.6. The average Bonchev–Trinajstić information content (AvgIpc) is 3.12. The molecular formula is C18H19N3O3. The van der Waals surface area contributed by atoms with Gasteiger partial charge in [0.1, 0.15) is 5.76 Å². The number of fused-ring (bicyclic) bond motifs is 1. The number of benzene rings is 1. The van der Waals surface area contributed by atoms with Crippen LogP contribution in [0, 0.1) is 6.92 Å². The summed E-state index contributed by atoms with van der Waals surface area (Å²) in [6.45, 7) is 3.77. The number of aryl methyl sites for hydroxylation is 2. The SMILES string of the molecule is CCc1noc(C)c1-c1[nH]c2ccccc2c1C(=O)C(=O)N(C)C. The zero-order valence-corrected chi connectivity index (χ0v) is 14.1. The molecule has 6 nitrogen and oxygen atoms in total. The fourth-order valence-electron chi connectivity index (χ4n) is 2.86. The van der Waals surface area contributed by atoms with Gasteiger partial charge in [0.15, 0.2) is 0 Å². The standard InChI is InChI=1S/C18H19N3O3/c1-5-12-14(10(2)24-20-12)16-15(17(22)18(23)21(3)4)11-8-6-7-9-13(11)19-16/h6-9,19H,5H2,1-4H3. The minimum Gasteiger partial charge on any atom is -0.361 e. The number of aromatic amines is 1. The van der Waals surface area contributed by atoms with E-state index in [4.69, 9.17) is 4.52 Å². The molecule has 0 aliphatic carbocycles. The third-order valence-electron chi connectivity index (χ3n) is 4.05. The Kier molecular flexibility index (Phi) is 3.97. The number of hydrogen-bond acceptors (Lipinski definition) is 4. The Morgan fingerprint density at radius 2 is 1.96 bits per heavy atom. The highest BCUT2D eigenvalue weighted by atomic mass is 16.5. The van der Waals surface area contributed by atoms with Gasteiger partial charge in [-0.1, -0.05) is 30.3 Å². The molecule has 3 aromatic rings. The number of carbonyl (C=O) groups excluding carboxylic acids is 2. The Hall–Kier alpha value is -2.89. The number of nitrogens with one attached hydrogen (secondary N) is 1. The number of H-pyrrole nitrogens is 1. The third-order valence-corrected chi connectivity index (χ3v) is 4.05. The minimum atomic E-state index is -0.562. The molecule has 0 aliphatic rings. The summed E-state index contributed by atoms with van der Waals surface area (Å²) in [6.07, 6.45) is 0.664. The largest absolute Gasteiger partial charge is 0.361 e. The van der Waals surface area contributed by atoms with E-state index in [0.717, 1.165) is 22.2 Å². The molecule has 3 rings (SSSR count). The van der Waals surface area contributed by atoms with Gasteiger partial charge in [0, 0.05) is 25.0 Å². The van der Waals surface area contributed by atoms with Crippen molar-refractivity contribution in [2.24, 2.45) is 0 Å². The van der Waals surface area contributed by atoms with Gasteiger partial charge in [0.2, 0.25) is 0 Å². The first-order valence-electron chi connectivity index (χ1n) is 7.77. The number of likely N-dealkylation sites (N-methyl/N-ethyl adjacent to an activating group) is 1. The van der Waals surface area contributed by atoms with Crippen molar-refractivity contribution in [1.29, 1.82) is 0 Å². The molecule has 1 amide bonds. The first-order chi connectivity index (χ1) is 11.5. The number of amides is 1. The lowest BCUT2D eigenvalue weighted by molar-refractivity contribution is -0.124. The molecule has 0 saturated heterocycles. The van der Waals surface area contributed by atoms with Gasteiger partial charge in [-0.2, -0.15) is 0 Å². The van der Waals surface area contributed by atoms with Crippen molar-refractivity contribution in [2.45, 2.75) is 20.3 Å². The van der Waals surface area contributed by atoms with E-state index in [1.165, 1.54) is 4.90 Å². The van der Waals surface area contributed by atoms with E-state index in [9.17, 15) is 9.59 Å². The van der Waals surface area contributed by atoms with Gasteiger partial charge in [-0.25, -0.2) is 0 Å². The molecule has 0 saturated carbocycles. The molecule has 2 heterocycles. The van der Waals surface area contributed by atoms with Crippen LogP contribution in [-0.4, -0.2) is 40.8 Å². The number of carbonyl (C=O) groups is 2. The maximum atomic E-state index is 12.8. The van der Waals surface area contributed by atoms with Crippen molar-refractivity contribution in [1.82, 2.24) is 15.0 Å². The third kappa shape index (κ3) is 2.40. The van der Waals surface area contributed by atoms with Gasteiger partial charge in [-0.3, -0.25) is 9.59 Å². The average molecular weight is 325 g/mol. The fraction of sp³-hybridized carbons (Fsp3) is 0.278. The molecule has 0 atom stereocenters. The van der Waals surface area contributed by atoms with Crippen LogP contribution >= 0.6 is 0 Å². The molecule has 124 valence electrons. The molecular weight excluding hydrogens is 306 g/mol. The predicted molar refractivity (Wildman–Crippen MR) is 90.9 cm³/mol. The van der Waals surface area contributed by atoms with E-state index >= 15 is 0 Å². The van der Waals surface area contributed by atoms with Gasteiger partial charge >= 0.3 is 0 Å². The van der Waals surface area contributed by atoms with Crippen molar-refractivity contribution in [2.75, 3.05) is 14.1 Å². The van der Waals surface area contributed by atoms with E-state index < -0.39 is 11.7 Å². The summed E-state index contributed by atoms with van der Waals surface area (Å²) in [5.41, 5.74) is 3.26. The summed E-state index contributed by atoms with van der Waals surface area (Å²) in [7, 11) is 3.13. The Bertz CT molecular complexity index is 934. The molecule has 0 bridgehead atoms. The van der Waals surface area contributed by atoms with Gasteiger partial charge in [-0.05, 0) is 19.4 Å². The zero-order valence-electron chi connectivity index (χ0n) is 14.1. The summed E-state index contributed by atoms with van der Waals surface area (Å²) in [5.74, 6) is -0.493. The lowest BCUT2D eigenvalue weighted by Crippen LogP contribution is -2.30. The molecule has 6 heteroatoms. The highest BCUT2D eigenvalue weighted by molar-refractivity contribution is 6.46. The number of para-hydroxylation sites is 1. The first-order valence-corrected chi connectivity index (χ1v) is 7.77. The Morgan fingerprint density at radius 1 is 1.25 bits per heavy atom. The molecule has 0 unspecified atom stereocenters. The van der Waals surface area contributed by atoms with Crippen molar-refractivity contribution in [3.63, 3.8) is 0 Å². The molecule has 1 N–H and O–H groups in total. The first kappa shape index (κ1) is 16.0. The van der Waals surface area contributed by atoms with Crippen LogP contribution in [-0.2, 0) is 11.2 Å². The van der Waals surface area contributed by atoms with Crippen LogP contribution in [0.15, 0.2) is 28.8 Å². The predicted octanol–water partition coefficient (Wildman–Crippen LogP) is 2.96. The number of rotatable bonds is 4. The highest BCUT2D eigenvalue weighted by Gasteiger charge is 2.29. The maximum absolute atomic E-state index is 12.8. The van der Waals surface area contributed by atoms with Crippen molar-refractivity contribution in [3.05, 3.63) is 41.3 Å². The van der Waals surface area contributed by atoms with Crippen molar-refractivity contribution in [3.8, 4) is 11.3 Å². The Labute approximate surface area is 139 Å². The number of Topliss-reactive ketones (excluding diaryl/α,β-unsaturated/α-hetero) is 1. The number of aromatic nitrogens is 2. The second-order valence-electron chi connectivity index (χ2n) is 5.86. The normalized spacial score (nSPS) is 11.0. The van der Waals surface area contributed by atoms with Crippen LogP contribution in [0.1, 0.15) is 28.7 Å². The maximum Gasteiger partial charge on any atom is 0.294 e. The highest BCUT2D eigenvalue weighted by Crippen LogP contribution is 2.35. The summed E-state index contributed by atoms with van der Waals surface area (Å²) in [6, 6.07) is 7.44. The minimum absolute atomic E-state index is 0.366. The quantitative estimate of drug-likeness (QED) is 0.591. The van der Waals surface area contributed by atoms with Gasteiger partial charge in [0.25, 0.3) is 11.7 Å². The number of nitrogens with zero attached hydrogens (tertiary/aromatic N) is 2. The van der Waals surface area contributed by atoms with Crippen molar-refractivity contribution >= 4 is 22.6 Å². The lowest BCUT2D eigenvalue weighted by Gasteiger charge is -2.10. The Balaban J connectivity index is 2.32. The zero-order chi connectivity index (χ0) is 17.4. The summed E-state index contributed by atoms with van der Waals surface area (Å²) in [5, 5.41) is 4.78. The Morgan fingerprint density at radius 3 is 2.62 bits per heavy atom. The second-order valence-corrected chi connectivity index (χ2v) is 5.86. The monoisotopic (exact) mass is 325 g/mol. The van der Waals surface area contributed by atoms with Crippen LogP contribution in [0.2, 0.25) is 0 Å². The van der Waals surface area contributed by atoms with Gasteiger partial charge in [0.05, 0.1) is 22.5 Å². The molecule has 0 fully saturated rings. The van der Waals surface area contributed by atoms with E-state index in [1.807, 2.05) is 31.2 Å². The smallest absolute Gasteiger partial charge is 0.294 e.